The molecule has 140 valence electrons. The molecule has 6 heteroatoms. The second-order valence-electron chi connectivity index (χ2n) is 5.87. The molecule has 1 aliphatic heterocycles. The Morgan fingerprint density at radius 3 is 2.33 bits per heavy atom. The number of carbonyl (C=O) groups excluding carboxylic acids is 1. The average Bonchev–Trinajstić information content (AvgIpc) is 3.20. The summed E-state index contributed by atoms with van der Waals surface area (Å²) in [6, 6.07) is 16.0. The SMILES string of the molecule is C=COCCOC(=O)Nc1ccc(-c2ccc(NC3C=COC3)cc2)cc1. The summed E-state index contributed by atoms with van der Waals surface area (Å²) in [4.78, 5) is 11.7. The second kappa shape index (κ2) is 9.33. The van der Waals surface area contributed by atoms with Gasteiger partial charge in [-0.1, -0.05) is 30.8 Å². The number of hydrogen-bond donors (Lipinski definition) is 2. The summed E-state index contributed by atoms with van der Waals surface area (Å²) < 4.78 is 15.1. The molecule has 0 aliphatic carbocycles. The molecule has 3 rings (SSSR count). The number of carbonyl (C=O) groups is 1. The Balaban J connectivity index is 1.52. The van der Waals surface area contributed by atoms with E-state index < -0.39 is 6.09 Å². The van der Waals surface area contributed by atoms with Gasteiger partial charge in [-0.3, -0.25) is 5.32 Å². The summed E-state index contributed by atoms with van der Waals surface area (Å²) in [5.74, 6) is 0. The number of hydrogen-bond acceptors (Lipinski definition) is 5. The van der Waals surface area contributed by atoms with Gasteiger partial charge < -0.3 is 19.5 Å². The Morgan fingerprint density at radius 2 is 1.74 bits per heavy atom. The maximum absolute atomic E-state index is 11.7. The van der Waals surface area contributed by atoms with Crippen LogP contribution in [0.5, 0.6) is 0 Å². The maximum Gasteiger partial charge on any atom is 0.411 e. The van der Waals surface area contributed by atoms with Gasteiger partial charge in [-0.2, -0.15) is 0 Å². The van der Waals surface area contributed by atoms with Crippen molar-refractivity contribution in [2.75, 3.05) is 30.5 Å². The Kier molecular flexibility index (Phi) is 6.35. The maximum atomic E-state index is 11.7. The number of anilines is 2. The largest absolute Gasteiger partial charge is 0.499 e. The van der Waals surface area contributed by atoms with Crippen molar-refractivity contribution in [3.8, 4) is 11.1 Å². The third-order valence-corrected chi connectivity index (χ3v) is 3.94. The zero-order chi connectivity index (χ0) is 18.9. The second-order valence-corrected chi connectivity index (χ2v) is 5.87. The van der Waals surface area contributed by atoms with Crippen LogP contribution < -0.4 is 10.6 Å². The molecule has 0 saturated carbocycles. The van der Waals surface area contributed by atoms with Crippen molar-refractivity contribution in [2.24, 2.45) is 0 Å². The van der Waals surface area contributed by atoms with Crippen LogP contribution >= 0.6 is 0 Å². The predicted molar refractivity (Wildman–Crippen MR) is 106 cm³/mol. The molecule has 1 atom stereocenters. The Labute approximate surface area is 158 Å². The van der Waals surface area contributed by atoms with Gasteiger partial charge in [0.25, 0.3) is 0 Å². The van der Waals surface area contributed by atoms with Gasteiger partial charge in [0.2, 0.25) is 0 Å². The minimum atomic E-state index is -0.518. The monoisotopic (exact) mass is 366 g/mol. The molecule has 0 aromatic heterocycles. The number of nitrogens with one attached hydrogen (secondary N) is 2. The normalized spacial score (nSPS) is 14.9. The zero-order valence-electron chi connectivity index (χ0n) is 14.9. The van der Waals surface area contributed by atoms with Gasteiger partial charge in [-0.05, 0) is 41.5 Å². The third kappa shape index (κ3) is 5.54. The van der Waals surface area contributed by atoms with Gasteiger partial charge in [-0.15, -0.1) is 0 Å². The van der Waals surface area contributed by atoms with Gasteiger partial charge in [0, 0.05) is 11.4 Å². The fraction of sp³-hybridized carbons (Fsp3) is 0.190. The first-order valence-corrected chi connectivity index (χ1v) is 8.66. The average molecular weight is 366 g/mol. The van der Waals surface area contributed by atoms with Crippen LogP contribution in [0.1, 0.15) is 0 Å². The molecule has 0 bridgehead atoms. The van der Waals surface area contributed by atoms with Crippen LogP contribution in [0.3, 0.4) is 0 Å². The highest BCUT2D eigenvalue weighted by molar-refractivity contribution is 5.85. The van der Waals surface area contributed by atoms with Crippen molar-refractivity contribution in [1.29, 1.82) is 0 Å². The minimum Gasteiger partial charge on any atom is -0.499 e. The van der Waals surface area contributed by atoms with Crippen molar-refractivity contribution in [1.82, 2.24) is 0 Å². The lowest BCUT2D eigenvalue weighted by Crippen LogP contribution is -2.18. The molecule has 1 heterocycles. The van der Waals surface area contributed by atoms with Crippen LogP contribution in [0.4, 0.5) is 16.2 Å². The lowest BCUT2D eigenvalue weighted by atomic mass is 10.0. The Hall–Kier alpha value is -3.41. The predicted octanol–water partition coefficient (Wildman–Crippen LogP) is 4.39. The van der Waals surface area contributed by atoms with Gasteiger partial charge in [0.1, 0.15) is 19.8 Å². The molecule has 2 aromatic carbocycles. The van der Waals surface area contributed by atoms with Crippen molar-refractivity contribution >= 4 is 17.5 Å². The van der Waals surface area contributed by atoms with Crippen LogP contribution in [0.25, 0.3) is 11.1 Å². The van der Waals surface area contributed by atoms with E-state index in [9.17, 15) is 4.79 Å². The molecule has 1 aliphatic rings. The molecule has 0 spiro atoms. The van der Waals surface area contributed by atoms with E-state index in [1.165, 1.54) is 6.26 Å². The van der Waals surface area contributed by atoms with Crippen molar-refractivity contribution in [3.05, 3.63) is 73.7 Å². The van der Waals surface area contributed by atoms with Crippen LogP contribution in [0.15, 0.2) is 73.7 Å². The number of benzene rings is 2. The quantitative estimate of drug-likeness (QED) is 0.536. The summed E-state index contributed by atoms with van der Waals surface area (Å²) in [6.45, 7) is 4.52. The minimum absolute atomic E-state index is 0.166. The van der Waals surface area contributed by atoms with E-state index in [1.54, 1.807) is 6.26 Å². The summed E-state index contributed by atoms with van der Waals surface area (Å²) in [5.41, 5.74) is 3.86. The first kappa shape index (κ1) is 18.4. The highest BCUT2D eigenvalue weighted by atomic mass is 16.6. The number of amides is 1. The highest BCUT2D eigenvalue weighted by Crippen LogP contribution is 2.24. The van der Waals surface area contributed by atoms with Crippen molar-refractivity contribution < 1.29 is 19.0 Å². The molecule has 2 aromatic rings. The van der Waals surface area contributed by atoms with Crippen LogP contribution in [-0.2, 0) is 14.2 Å². The molecule has 2 N–H and O–H groups in total. The van der Waals surface area contributed by atoms with Crippen LogP contribution in [-0.4, -0.2) is 32.0 Å². The summed E-state index contributed by atoms with van der Waals surface area (Å²) in [5, 5.41) is 6.06. The molecule has 1 amide bonds. The third-order valence-electron chi connectivity index (χ3n) is 3.94. The molecule has 27 heavy (non-hydrogen) atoms. The molecule has 6 nitrogen and oxygen atoms in total. The first-order chi connectivity index (χ1) is 13.2. The zero-order valence-corrected chi connectivity index (χ0v) is 14.9. The molecule has 1 unspecified atom stereocenters. The van der Waals surface area contributed by atoms with E-state index in [-0.39, 0.29) is 19.3 Å². The smallest absolute Gasteiger partial charge is 0.411 e. The van der Waals surface area contributed by atoms with Crippen molar-refractivity contribution in [3.63, 3.8) is 0 Å². The van der Waals surface area contributed by atoms with Crippen LogP contribution in [0.2, 0.25) is 0 Å². The molecule has 0 saturated heterocycles. The van der Waals surface area contributed by atoms with Gasteiger partial charge in [-0.25, -0.2) is 4.79 Å². The van der Waals surface area contributed by atoms with Crippen molar-refractivity contribution in [2.45, 2.75) is 6.04 Å². The Bertz CT molecular complexity index is 785. The number of ether oxygens (including phenoxy) is 3. The lowest BCUT2D eigenvalue weighted by Gasteiger charge is -2.12. The van der Waals surface area contributed by atoms with Gasteiger partial charge in [0.15, 0.2) is 0 Å². The first-order valence-electron chi connectivity index (χ1n) is 8.66. The van der Waals surface area contributed by atoms with Gasteiger partial charge in [0.05, 0.1) is 18.6 Å². The van der Waals surface area contributed by atoms with E-state index in [0.717, 1.165) is 16.8 Å². The summed E-state index contributed by atoms with van der Waals surface area (Å²) >= 11 is 0. The molecule has 0 fully saturated rings. The van der Waals surface area contributed by atoms with E-state index >= 15 is 0 Å². The summed E-state index contributed by atoms with van der Waals surface area (Å²) in [7, 11) is 0. The standard InChI is InChI=1S/C21H22N2O4/c1-2-25-13-14-27-21(24)23-19-9-5-17(6-10-19)16-3-7-18(8-4-16)22-20-11-12-26-15-20/h2-12,20,22H,1,13-15H2,(H,23,24). The highest BCUT2D eigenvalue weighted by Gasteiger charge is 2.09. The molecule has 0 radical (unpaired) electrons. The fourth-order valence-electron chi connectivity index (χ4n) is 2.59. The number of rotatable bonds is 8. The van der Waals surface area contributed by atoms with Gasteiger partial charge >= 0.3 is 6.09 Å². The summed E-state index contributed by atoms with van der Waals surface area (Å²) in [6.07, 6.45) is 4.50. The van der Waals surface area contributed by atoms with E-state index in [0.29, 0.717) is 12.3 Å². The Morgan fingerprint density at radius 1 is 1.07 bits per heavy atom. The fourth-order valence-corrected chi connectivity index (χ4v) is 2.59. The molecular weight excluding hydrogens is 344 g/mol. The van der Waals surface area contributed by atoms with Crippen LogP contribution in [0, 0.1) is 0 Å². The molecular formula is C21H22N2O4. The van der Waals surface area contributed by atoms with E-state index in [2.05, 4.69) is 29.3 Å². The van der Waals surface area contributed by atoms with E-state index in [1.807, 2.05) is 42.5 Å². The lowest BCUT2D eigenvalue weighted by molar-refractivity contribution is 0.123. The van der Waals surface area contributed by atoms with E-state index in [4.69, 9.17) is 14.2 Å². The topological polar surface area (TPSA) is 68.8 Å².